The maximum Gasteiger partial charge on any atom is 0.146 e. The van der Waals surface area contributed by atoms with E-state index in [0.717, 1.165) is 5.25 Å². The van der Waals surface area contributed by atoms with Gasteiger partial charge in [0.2, 0.25) is 0 Å². The van der Waals surface area contributed by atoms with Crippen LogP contribution in [0.25, 0.3) is 6.08 Å². The Morgan fingerprint density at radius 2 is 2.00 bits per heavy atom. The quantitative estimate of drug-likeness (QED) is 0.599. The first-order valence-electron chi connectivity index (χ1n) is 4.61. The highest BCUT2D eigenvalue weighted by atomic mass is 32.2. The molecule has 1 aromatic rings. The monoisotopic (exact) mass is 191 g/mol. The third-order valence-corrected chi connectivity index (χ3v) is 4.14. The molecule has 0 amide bonds. The summed E-state index contributed by atoms with van der Waals surface area (Å²) in [6.45, 7) is 0. The SMILES string of the molecule is C[S+](C)C1CC=Cc2ccccc21. The fraction of sp³-hybridized carbons (Fsp3) is 0.333. The van der Waals surface area contributed by atoms with E-state index in [1.54, 1.807) is 5.56 Å². The lowest BCUT2D eigenvalue weighted by molar-refractivity contribution is 0.948. The summed E-state index contributed by atoms with van der Waals surface area (Å²) in [6, 6.07) is 8.76. The van der Waals surface area contributed by atoms with Crippen LogP contribution in [0.5, 0.6) is 0 Å². The molecule has 1 atom stereocenters. The Kier molecular flexibility index (Phi) is 2.45. The maximum atomic E-state index is 2.33. The molecule has 0 aliphatic heterocycles. The smallest absolute Gasteiger partial charge is 0.0786 e. The lowest BCUT2D eigenvalue weighted by Crippen LogP contribution is -2.13. The number of rotatable bonds is 1. The van der Waals surface area contributed by atoms with E-state index in [2.05, 4.69) is 48.9 Å². The van der Waals surface area contributed by atoms with Gasteiger partial charge in [-0.2, -0.15) is 0 Å². The molecule has 1 aliphatic carbocycles. The van der Waals surface area contributed by atoms with Crippen molar-refractivity contribution in [1.82, 2.24) is 0 Å². The first-order valence-corrected chi connectivity index (χ1v) is 6.71. The number of hydrogen-bond acceptors (Lipinski definition) is 0. The summed E-state index contributed by atoms with van der Waals surface area (Å²) in [5, 5.41) is 0.751. The summed E-state index contributed by atoms with van der Waals surface area (Å²) in [6.07, 6.45) is 10.4. The molecular formula is C12H15S+. The lowest BCUT2D eigenvalue weighted by atomic mass is 9.97. The standard InChI is InChI=1S/C12H15S/c1-13(2)12-9-5-7-10-6-3-4-8-11(10)12/h3-8,12H,9H2,1-2H3/q+1. The van der Waals surface area contributed by atoms with Crippen molar-refractivity contribution in [3.8, 4) is 0 Å². The van der Waals surface area contributed by atoms with Gasteiger partial charge < -0.3 is 0 Å². The third kappa shape index (κ3) is 1.66. The molecule has 0 bridgehead atoms. The molecular weight excluding hydrogens is 176 g/mol. The van der Waals surface area contributed by atoms with Gasteiger partial charge >= 0.3 is 0 Å². The molecule has 0 radical (unpaired) electrons. The second kappa shape index (κ2) is 3.59. The van der Waals surface area contributed by atoms with Crippen molar-refractivity contribution in [2.45, 2.75) is 11.7 Å². The van der Waals surface area contributed by atoms with Crippen molar-refractivity contribution >= 4 is 17.0 Å². The number of fused-ring (bicyclic) bond motifs is 1. The molecule has 0 fully saturated rings. The minimum Gasteiger partial charge on any atom is -0.0786 e. The van der Waals surface area contributed by atoms with Crippen LogP contribution < -0.4 is 0 Å². The van der Waals surface area contributed by atoms with Gasteiger partial charge in [0.15, 0.2) is 0 Å². The predicted octanol–water partition coefficient (Wildman–Crippen LogP) is 3.02. The van der Waals surface area contributed by atoms with Crippen molar-refractivity contribution in [3.05, 3.63) is 41.5 Å². The van der Waals surface area contributed by atoms with E-state index in [0.29, 0.717) is 10.9 Å². The van der Waals surface area contributed by atoms with E-state index < -0.39 is 0 Å². The lowest BCUT2D eigenvalue weighted by Gasteiger charge is -2.18. The Balaban J connectivity index is 2.43. The zero-order chi connectivity index (χ0) is 9.26. The molecule has 0 N–H and O–H groups in total. The molecule has 0 saturated carbocycles. The Morgan fingerprint density at radius 3 is 2.77 bits per heavy atom. The first kappa shape index (κ1) is 8.89. The van der Waals surface area contributed by atoms with Crippen LogP contribution in [-0.2, 0) is 10.9 Å². The summed E-state index contributed by atoms with van der Waals surface area (Å²) in [7, 11) is 0.485. The average Bonchev–Trinajstić information content (AvgIpc) is 2.17. The van der Waals surface area contributed by atoms with Crippen molar-refractivity contribution < 1.29 is 0 Å². The Hall–Kier alpha value is -0.690. The van der Waals surface area contributed by atoms with E-state index in [1.165, 1.54) is 12.0 Å². The summed E-state index contributed by atoms with van der Waals surface area (Å²) >= 11 is 0. The molecule has 2 rings (SSSR count). The van der Waals surface area contributed by atoms with Crippen molar-refractivity contribution in [3.63, 3.8) is 0 Å². The maximum absolute atomic E-state index is 2.33. The zero-order valence-corrected chi connectivity index (χ0v) is 8.97. The normalized spacial score (nSPS) is 20.4. The first-order chi connectivity index (χ1) is 6.29. The molecule has 0 spiro atoms. The molecule has 0 nitrogen and oxygen atoms in total. The van der Waals surface area contributed by atoms with Gasteiger partial charge in [-0.05, 0) is 16.5 Å². The van der Waals surface area contributed by atoms with Crippen LogP contribution in [-0.4, -0.2) is 12.5 Å². The van der Waals surface area contributed by atoms with Crippen molar-refractivity contribution in [2.24, 2.45) is 0 Å². The van der Waals surface area contributed by atoms with Crippen LogP contribution in [0, 0.1) is 0 Å². The number of hydrogen-bond donors (Lipinski definition) is 0. The summed E-state index contributed by atoms with van der Waals surface area (Å²) in [5.74, 6) is 0. The molecule has 1 heteroatoms. The molecule has 1 aromatic carbocycles. The fourth-order valence-corrected chi connectivity index (χ4v) is 3.07. The van der Waals surface area contributed by atoms with Gasteiger partial charge in [-0.1, -0.05) is 36.4 Å². The van der Waals surface area contributed by atoms with Crippen LogP contribution in [0.1, 0.15) is 22.8 Å². The highest BCUT2D eigenvalue weighted by Crippen LogP contribution is 2.33. The van der Waals surface area contributed by atoms with Gasteiger partial charge in [0.25, 0.3) is 0 Å². The van der Waals surface area contributed by atoms with Gasteiger partial charge in [-0.3, -0.25) is 0 Å². The van der Waals surface area contributed by atoms with E-state index in [-0.39, 0.29) is 0 Å². The van der Waals surface area contributed by atoms with E-state index in [1.807, 2.05) is 0 Å². The molecule has 1 aliphatic rings. The zero-order valence-electron chi connectivity index (χ0n) is 8.16. The molecule has 0 heterocycles. The third-order valence-electron chi connectivity index (χ3n) is 2.56. The summed E-state index contributed by atoms with van der Waals surface area (Å²) in [4.78, 5) is 0. The predicted molar refractivity (Wildman–Crippen MR) is 62.0 cm³/mol. The van der Waals surface area contributed by atoms with Crippen LogP contribution in [0.2, 0.25) is 0 Å². The largest absolute Gasteiger partial charge is 0.146 e. The summed E-state index contributed by atoms with van der Waals surface area (Å²) < 4.78 is 0. The summed E-state index contributed by atoms with van der Waals surface area (Å²) in [5.41, 5.74) is 2.96. The highest BCUT2D eigenvalue weighted by Gasteiger charge is 2.26. The molecule has 0 saturated heterocycles. The Morgan fingerprint density at radius 1 is 1.23 bits per heavy atom. The Labute approximate surface area is 83.0 Å². The second-order valence-electron chi connectivity index (χ2n) is 3.64. The highest BCUT2D eigenvalue weighted by molar-refractivity contribution is 7.95. The van der Waals surface area contributed by atoms with Gasteiger partial charge in [0.1, 0.15) is 5.25 Å². The minimum atomic E-state index is 0.485. The fourth-order valence-electron chi connectivity index (χ4n) is 1.85. The van der Waals surface area contributed by atoms with Crippen LogP contribution >= 0.6 is 0 Å². The van der Waals surface area contributed by atoms with E-state index >= 15 is 0 Å². The molecule has 13 heavy (non-hydrogen) atoms. The van der Waals surface area contributed by atoms with Gasteiger partial charge in [0, 0.05) is 12.0 Å². The van der Waals surface area contributed by atoms with Crippen LogP contribution in [0.4, 0.5) is 0 Å². The molecule has 68 valence electrons. The van der Waals surface area contributed by atoms with Gasteiger partial charge in [-0.25, -0.2) is 0 Å². The van der Waals surface area contributed by atoms with Gasteiger partial charge in [-0.15, -0.1) is 0 Å². The van der Waals surface area contributed by atoms with E-state index in [4.69, 9.17) is 0 Å². The molecule has 0 aromatic heterocycles. The van der Waals surface area contributed by atoms with Crippen LogP contribution in [0.3, 0.4) is 0 Å². The Bertz CT molecular complexity index is 326. The van der Waals surface area contributed by atoms with Crippen molar-refractivity contribution in [2.75, 3.05) is 12.5 Å². The van der Waals surface area contributed by atoms with Gasteiger partial charge in [0.05, 0.1) is 12.5 Å². The van der Waals surface area contributed by atoms with E-state index in [9.17, 15) is 0 Å². The second-order valence-corrected chi connectivity index (χ2v) is 5.96. The topological polar surface area (TPSA) is 0 Å². The minimum absolute atomic E-state index is 0.485. The number of benzene rings is 1. The van der Waals surface area contributed by atoms with Crippen LogP contribution in [0.15, 0.2) is 30.3 Å². The number of allylic oxidation sites excluding steroid dienone is 1. The average molecular weight is 191 g/mol. The van der Waals surface area contributed by atoms with Crippen molar-refractivity contribution in [1.29, 1.82) is 0 Å². The molecule has 1 unspecified atom stereocenters.